The lowest BCUT2D eigenvalue weighted by Crippen LogP contribution is -1.84. The molecule has 2 aromatic rings. The van der Waals surface area contributed by atoms with Crippen LogP contribution in [0.25, 0.3) is 10.9 Å². The third-order valence-corrected chi connectivity index (χ3v) is 1.57. The summed E-state index contributed by atoms with van der Waals surface area (Å²) in [5.74, 6) is -0.438. The first kappa shape index (κ1) is 6.15. The van der Waals surface area contributed by atoms with E-state index in [2.05, 4.69) is 10.2 Å². The number of nitrogens with zero attached hydrogens (tertiary/aromatic N) is 1. The highest BCUT2D eigenvalue weighted by atomic mass is 19.1. The van der Waals surface area contributed by atoms with Gasteiger partial charge in [0, 0.05) is 0 Å². The number of hydrogen-bond donors (Lipinski definition) is 2. The van der Waals surface area contributed by atoms with Gasteiger partial charge in [0.1, 0.15) is 5.52 Å². The lowest BCUT2D eigenvalue weighted by Gasteiger charge is -1.90. The van der Waals surface area contributed by atoms with Crippen molar-refractivity contribution in [3.63, 3.8) is 0 Å². The second kappa shape index (κ2) is 1.95. The fourth-order valence-electron chi connectivity index (χ4n) is 1.03. The molecule has 0 saturated heterocycles. The quantitative estimate of drug-likeness (QED) is 0.557. The van der Waals surface area contributed by atoms with E-state index >= 15 is 0 Å². The van der Waals surface area contributed by atoms with Gasteiger partial charge >= 0.3 is 0 Å². The molecule has 0 fully saturated rings. The van der Waals surface area contributed by atoms with Crippen molar-refractivity contribution in [2.75, 3.05) is 5.73 Å². The van der Waals surface area contributed by atoms with Gasteiger partial charge in [0.05, 0.1) is 11.1 Å². The van der Waals surface area contributed by atoms with E-state index < -0.39 is 5.95 Å². The van der Waals surface area contributed by atoms with Crippen molar-refractivity contribution in [1.82, 2.24) is 10.2 Å². The van der Waals surface area contributed by atoms with E-state index in [1.807, 2.05) is 0 Å². The highest BCUT2D eigenvalue weighted by molar-refractivity contribution is 5.88. The summed E-state index contributed by atoms with van der Waals surface area (Å²) < 4.78 is 12.8. The minimum Gasteiger partial charge on any atom is -0.397 e. The number of anilines is 1. The van der Waals surface area contributed by atoms with Gasteiger partial charge in [0.25, 0.3) is 0 Å². The Balaban J connectivity index is 2.94. The lowest BCUT2D eigenvalue weighted by atomic mass is 10.2. The van der Waals surface area contributed by atoms with Gasteiger partial charge in [-0.2, -0.15) is 9.49 Å². The number of nitrogens with two attached hydrogens (primary N) is 1. The molecule has 0 saturated carbocycles. The first-order valence-electron chi connectivity index (χ1n) is 3.17. The van der Waals surface area contributed by atoms with E-state index in [9.17, 15) is 4.39 Å². The Hall–Kier alpha value is -1.58. The average Bonchev–Trinajstić information content (AvgIpc) is 2.35. The molecule has 56 valence electrons. The second-order valence-corrected chi connectivity index (χ2v) is 2.28. The molecule has 0 spiro atoms. The summed E-state index contributed by atoms with van der Waals surface area (Å²) in [4.78, 5) is 0. The predicted molar refractivity (Wildman–Crippen MR) is 40.5 cm³/mol. The molecule has 3 N–H and O–H groups in total. The molecule has 0 aliphatic heterocycles. The van der Waals surface area contributed by atoms with Crippen molar-refractivity contribution in [3.05, 3.63) is 24.1 Å². The molecular weight excluding hydrogens is 145 g/mol. The number of halogens is 1. The van der Waals surface area contributed by atoms with Crippen molar-refractivity contribution in [3.8, 4) is 0 Å². The zero-order valence-corrected chi connectivity index (χ0v) is 5.63. The van der Waals surface area contributed by atoms with Crippen LogP contribution < -0.4 is 5.73 Å². The highest BCUT2D eigenvalue weighted by Crippen LogP contribution is 2.19. The maximum absolute atomic E-state index is 12.8. The van der Waals surface area contributed by atoms with E-state index in [-0.39, 0.29) is 0 Å². The Morgan fingerprint density at radius 3 is 3.00 bits per heavy atom. The summed E-state index contributed by atoms with van der Waals surface area (Å²) in [6, 6.07) is 5.00. The maximum atomic E-state index is 12.8. The second-order valence-electron chi connectivity index (χ2n) is 2.28. The molecule has 2 rings (SSSR count). The smallest absolute Gasteiger partial charge is 0.216 e. The summed E-state index contributed by atoms with van der Waals surface area (Å²) >= 11 is 0. The van der Waals surface area contributed by atoms with Crippen LogP contribution in [0.15, 0.2) is 18.2 Å². The van der Waals surface area contributed by atoms with Crippen LogP contribution in [0.1, 0.15) is 0 Å². The third-order valence-electron chi connectivity index (χ3n) is 1.57. The summed E-state index contributed by atoms with van der Waals surface area (Å²) in [5, 5.41) is 6.35. The topological polar surface area (TPSA) is 54.7 Å². The van der Waals surface area contributed by atoms with E-state index in [1.165, 1.54) is 0 Å². The van der Waals surface area contributed by atoms with E-state index in [0.29, 0.717) is 16.6 Å². The summed E-state index contributed by atoms with van der Waals surface area (Å²) in [6.45, 7) is 0. The average molecular weight is 151 g/mol. The van der Waals surface area contributed by atoms with Gasteiger partial charge < -0.3 is 5.73 Å². The van der Waals surface area contributed by atoms with Crippen LogP contribution in [-0.2, 0) is 0 Å². The number of fused-ring (bicyclic) bond motifs is 1. The molecule has 3 nitrogen and oxygen atoms in total. The minimum absolute atomic E-state index is 0.435. The molecule has 0 amide bonds. The van der Waals surface area contributed by atoms with Gasteiger partial charge in [0.2, 0.25) is 5.95 Å². The lowest BCUT2D eigenvalue weighted by molar-refractivity contribution is 0.588. The Kier molecular flexibility index (Phi) is 1.09. The monoisotopic (exact) mass is 151 g/mol. The molecule has 1 aromatic heterocycles. The molecule has 11 heavy (non-hydrogen) atoms. The van der Waals surface area contributed by atoms with Crippen LogP contribution >= 0.6 is 0 Å². The highest BCUT2D eigenvalue weighted by Gasteiger charge is 2.04. The Bertz CT molecular complexity index is 393. The largest absolute Gasteiger partial charge is 0.397 e. The first-order valence-corrected chi connectivity index (χ1v) is 3.17. The van der Waals surface area contributed by atoms with Crippen LogP contribution in [0.3, 0.4) is 0 Å². The third kappa shape index (κ3) is 0.756. The zero-order chi connectivity index (χ0) is 7.84. The first-order chi connectivity index (χ1) is 5.29. The maximum Gasteiger partial charge on any atom is 0.216 e. The number of rotatable bonds is 0. The molecule has 0 unspecified atom stereocenters. The minimum atomic E-state index is -0.438. The van der Waals surface area contributed by atoms with Crippen molar-refractivity contribution >= 4 is 16.6 Å². The van der Waals surface area contributed by atoms with Crippen LogP contribution in [0.5, 0.6) is 0 Å². The molecule has 4 heteroatoms. The number of nitrogen functional groups attached to an aromatic ring is 1. The zero-order valence-electron chi connectivity index (χ0n) is 5.63. The number of benzene rings is 1. The fourth-order valence-corrected chi connectivity index (χ4v) is 1.03. The Labute approximate surface area is 62.0 Å². The van der Waals surface area contributed by atoms with Crippen LogP contribution in [0.2, 0.25) is 0 Å². The van der Waals surface area contributed by atoms with Crippen LogP contribution in [0.4, 0.5) is 10.1 Å². The summed E-state index contributed by atoms with van der Waals surface area (Å²) in [5.41, 5.74) is 6.50. The van der Waals surface area contributed by atoms with Gasteiger partial charge in [-0.15, -0.1) is 0 Å². The number of aromatic nitrogens is 2. The van der Waals surface area contributed by atoms with Crippen molar-refractivity contribution < 1.29 is 4.39 Å². The number of hydrogen-bond acceptors (Lipinski definition) is 2. The summed E-state index contributed by atoms with van der Waals surface area (Å²) in [6.07, 6.45) is 0. The van der Waals surface area contributed by atoms with Crippen molar-refractivity contribution in [2.24, 2.45) is 0 Å². The Morgan fingerprint density at radius 1 is 1.45 bits per heavy atom. The molecule has 0 aliphatic carbocycles. The SMILES string of the molecule is Nc1cccc2c(F)[nH]nc12. The number of aromatic amines is 1. The molecular formula is C7H6FN3. The van der Waals surface area contributed by atoms with Gasteiger partial charge in [-0.05, 0) is 12.1 Å². The van der Waals surface area contributed by atoms with Gasteiger partial charge in [-0.3, -0.25) is 5.10 Å². The molecule has 0 atom stereocenters. The van der Waals surface area contributed by atoms with Crippen molar-refractivity contribution in [2.45, 2.75) is 0 Å². The van der Waals surface area contributed by atoms with E-state index in [1.54, 1.807) is 18.2 Å². The molecule has 1 aromatic carbocycles. The molecule has 0 radical (unpaired) electrons. The van der Waals surface area contributed by atoms with Crippen LogP contribution in [-0.4, -0.2) is 10.2 Å². The fraction of sp³-hybridized carbons (Fsp3) is 0. The van der Waals surface area contributed by atoms with E-state index in [4.69, 9.17) is 5.73 Å². The van der Waals surface area contributed by atoms with Crippen molar-refractivity contribution in [1.29, 1.82) is 0 Å². The number of H-pyrrole nitrogens is 1. The van der Waals surface area contributed by atoms with Gasteiger partial charge in [-0.25, -0.2) is 0 Å². The van der Waals surface area contributed by atoms with Gasteiger partial charge in [0.15, 0.2) is 0 Å². The van der Waals surface area contributed by atoms with Gasteiger partial charge in [-0.1, -0.05) is 6.07 Å². The molecule has 0 bridgehead atoms. The van der Waals surface area contributed by atoms with Crippen LogP contribution in [0, 0.1) is 5.95 Å². The van der Waals surface area contributed by atoms with E-state index in [0.717, 1.165) is 0 Å². The Morgan fingerprint density at radius 2 is 2.27 bits per heavy atom. The predicted octanol–water partition coefficient (Wildman–Crippen LogP) is 1.28. The normalized spacial score (nSPS) is 10.6. The number of nitrogens with one attached hydrogen (secondary N) is 1. The summed E-state index contributed by atoms with van der Waals surface area (Å²) in [7, 11) is 0. The number of para-hydroxylation sites is 1. The standard InChI is InChI=1S/C7H6FN3/c8-7-4-2-1-3-5(9)6(4)10-11-7/h1-3H,9H2,(H,10,11). The molecule has 1 heterocycles. The molecule has 0 aliphatic rings.